The fourth-order valence-corrected chi connectivity index (χ4v) is 2.47. The number of anilines is 1. The van der Waals surface area contributed by atoms with E-state index in [-0.39, 0.29) is 12.3 Å². The van der Waals surface area contributed by atoms with Crippen molar-refractivity contribution < 1.29 is 23.0 Å². The minimum absolute atomic E-state index is 0.0147. The van der Waals surface area contributed by atoms with Gasteiger partial charge in [0.2, 0.25) is 0 Å². The van der Waals surface area contributed by atoms with Gasteiger partial charge in [0.25, 0.3) is 0 Å². The first kappa shape index (κ1) is 17.5. The van der Waals surface area contributed by atoms with Crippen LogP contribution in [0.3, 0.4) is 0 Å². The van der Waals surface area contributed by atoms with E-state index in [1.54, 1.807) is 19.5 Å². The number of rotatable bonds is 6. The number of aromatic amines is 1. The number of fused-ring (bicyclic) bond motifs is 1. The zero-order valence-corrected chi connectivity index (χ0v) is 13.8. The van der Waals surface area contributed by atoms with Crippen molar-refractivity contribution in [3.8, 4) is 11.5 Å². The predicted octanol–water partition coefficient (Wildman–Crippen LogP) is 3.49. The van der Waals surface area contributed by atoms with E-state index in [2.05, 4.69) is 25.3 Å². The molecule has 0 radical (unpaired) electrons. The third kappa shape index (κ3) is 4.00. The van der Waals surface area contributed by atoms with Crippen molar-refractivity contribution in [1.29, 1.82) is 0 Å². The SMILES string of the molecule is COc1ccc2[nH]cnc2c1CNC(=O)Nc1ccc(OC(F)F)cc1. The summed E-state index contributed by atoms with van der Waals surface area (Å²) in [6, 6.07) is 8.79. The Balaban J connectivity index is 1.63. The van der Waals surface area contributed by atoms with E-state index in [1.807, 2.05) is 6.07 Å². The minimum atomic E-state index is -2.89. The van der Waals surface area contributed by atoms with Crippen LogP contribution in [0.25, 0.3) is 11.0 Å². The first-order valence-corrected chi connectivity index (χ1v) is 7.65. The number of H-pyrrole nitrogens is 1. The van der Waals surface area contributed by atoms with Gasteiger partial charge in [-0.05, 0) is 36.4 Å². The summed E-state index contributed by atoms with van der Waals surface area (Å²) in [4.78, 5) is 19.3. The van der Waals surface area contributed by atoms with Crippen molar-refractivity contribution in [2.75, 3.05) is 12.4 Å². The first-order chi connectivity index (χ1) is 12.6. The van der Waals surface area contributed by atoms with Crippen LogP contribution in [0.1, 0.15) is 5.56 Å². The van der Waals surface area contributed by atoms with Gasteiger partial charge >= 0.3 is 12.6 Å². The van der Waals surface area contributed by atoms with Crippen LogP contribution < -0.4 is 20.1 Å². The van der Waals surface area contributed by atoms with Gasteiger partial charge in [0.1, 0.15) is 11.5 Å². The number of nitrogens with zero attached hydrogens (tertiary/aromatic N) is 1. The van der Waals surface area contributed by atoms with E-state index in [4.69, 9.17) is 4.74 Å². The molecule has 1 aromatic heterocycles. The van der Waals surface area contributed by atoms with E-state index in [9.17, 15) is 13.6 Å². The van der Waals surface area contributed by atoms with Crippen LogP contribution in [0.2, 0.25) is 0 Å². The Morgan fingerprint density at radius 3 is 2.69 bits per heavy atom. The summed E-state index contributed by atoms with van der Waals surface area (Å²) < 4.78 is 33.8. The number of amides is 2. The maximum absolute atomic E-state index is 12.1. The molecule has 9 heteroatoms. The monoisotopic (exact) mass is 362 g/mol. The Labute approximate surface area is 147 Å². The minimum Gasteiger partial charge on any atom is -0.496 e. The lowest BCUT2D eigenvalue weighted by molar-refractivity contribution is -0.0498. The van der Waals surface area contributed by atoms with Gasteiger partial charge in [-0.1, -0.05) is 0 Å². The Hall–Kier alpha value is -3.36. The standard InChI is InChI=1S/C17H16F2N4O3/c1-25-14-7-6-13-15(22-9-21-13)12(14)8-20-17(24)23-10-2-4-11(5-3-10)26-16(18)19/h2-7,9,16H,8H2,1H3,(H,21,22)(H2,20,23,24). The molecule has 0 aliphatic carbocycles. The van der Waals surface area contributed by atoms with Crippen LogP contribution in [0.5, 0.6) is 11.5 Å². The summed E-state index contributed by atoms with van der Waals surface area (Å²) in [6.45, 7) is -2.69. The third-order valence-corrected chi connectivity index (χ3v) is 3.64. The van der Waals surface area contributed by atoms with Crippen molar-refractivity contribution in [3.05, 3.63) is 48.3 Å². The molecule has 0 saturated heterocycles. The molecule has 0 spiro atoms. The summed E-state index contributed by atoms with van der Waals surface area (Å²) in [5, 5.41) is 5.33. The molecular formula is C17H16F2N4O3. The molecule has 3 N–H and O–H groups in total. The number of ether oxygens (including phenoxy) is 2. The molecule has 2 aromatic carbocycles. The van der Waals surface area contributed by atoms with Crippen LogP contribution in [0.4, 0.5) is 19.3 Å². The lowest BCUT2D eigenvalue weighted by Crippen LogP contribution is -2.28. The molecule has 0 fully saturated rings. The van der Waals surface area contributed by atoms with E-state index in [0.717, 1.165) is 11.1 Å². The van der Waals surface area contributed by atoms with E-state index in [0.29, 0.717) is 17.0 Å². The summed E-state index contributed by atoms with van der Waals surface area (Å²) in [6.07, 6.45) is 1.57. The number of halogens is 2. The van der Waals surface area contributed by atoms with Gasteiger partial charge in [-0.15, -0.1) is 0 Å². The Bertz CT molecular complexity index is 897. The normalized spacial score (nSPS) is 10.8. The zero-order valence-electron chi connectivity index (χ0n) is 13.8. The second kappa shape index (κ2) is 7.68. The van der Waals surface area contributed by atoms with Crippen molar-refractivity contribution in [2.24, 2.45) is 0 Å². The number of alkyl halides is 2. The molecular weight excluding hydrogens is 346 g/mol. The maximum Gasteiger partial charge on any atom is 0.387 e. The van der Waals surface area contributed by atoms with Gasteiger partial charge in [-0.25, -0.2) is 9.78 Å². The van der Waals surface area contributed by atoms with Crippen molar-refractivity contribution in [2.45, 2.75) is 13.2 Å². The lowest BCUT2D eigenvalue weighted by atomic mass is 10.1. The number of imidazole rings is 1. The van der Waals surface area contributed by atoms with Crippen LogP contribution in [-0.2, 0) is 6.54 Å². The number of nitrogens with one attached hydrogen (secondary N) is 3. The number of carbonyl (C=O) groups excluding carboxylic acids is 1. The molecule has 0 saturated carbocycles. The lowest BCUT2D eigenvalue weighted by Gasteiger charge is -2.12. The molecule has 26 heavy (non-hydrogen) atoms. The average Bonchev–Trinajstić information content (AvgIpc) is 3.09. The van der Waals surface area contributed by atoms with E-state index >= 15 is 0 Å². The Morgan fingerprint density at radius 2 is 2.00 bits per heavy atom. The maximum atomic E-state index is 12.1. The molecule has 1 heterocycles. The number of hydrogen-bond donors (Lipinski definition) is 3. The highest BCUT2D eigenvalue weighted by Crippen LogP contribution is 2.25. The van der Waals surface area contributed by atoms with Gasteiger partial charge in [0.05, 0.1) is 31.0 Å². The second-order valence-electron chi connectivity index (χ2n) is 5.26. The summed E-state index contributed by atoms with van der Waals surface area (Å²) in [5.74, 6) is 0.624. The van der Waals surface area contributed by atoms with Crippen LogP contribution >= 0.6 is 0 Å². The fourth-order valence-electron chi connectivity index (χ4n) is 2.47. The van der Waals surface area contributed by atoms with Gasteiger partial charge in [-0.3, -0.25) is 0 Å². The average molecular weight is 362 g/mol. The molecule has 0 atom stereocenters. The van der Waals surface area contributed by atoms with Gasteiger partial charge < -0.3 is 25.1 Å². The highest BCUT2D eigenvalue weighted by molar-refractivity contribution is 5.90. The van der Waals surface area contributed by atoms with Crippen molar-refractivity contribution in [3.63, 3.8) is 0 Å². The topological polar surface area (TPSA) is 88.3 Å². The molecule has 0 bridgehead atoms. The van der Waals surface area contributed by atoms with E-state index < -0.39 is 12.6 Å². The number of carbonyl (C=O) groups is 1. The Kier molecular flexibility index (Phi) is 5.16. The molecule has 0 unspecified atom stereocenters. The quantitative estimate of drug-likeness (QED) is 0.626. The fraction of sp³-hybridized carbons (Fsp3) is 0.176. The number of aromatic nitrogens is 2. The highest BCUT2D eigenvalue weighted by Gasteiger charge is 2.12. The van der Waals surface area contributed by atoms with Crippen molar-refractivity contribution in [1.82, 2.24) is 15.3 Å². The zero-order chi connectivity index (χ0) is 18.5. The largest absolute Gasteiger partial charge is 0.496 e. The molecule has 0 aliphatic heterocycles. The highest BCUT2D eigenvalue weighted by atomic mass is 19.3. The summed E-state index contributed by atoms with van der Waals surface area (Å²) in [5.41, 5.74) is 2.71. The number of urea groups is 1. The Morgan fingerprint density at radius 1 is 1.23 bits per heavy atom. The van der Waals surface area contributed by atoms with Crippen LogP contribution in [-0.4, -0.2) is 29.7 Å². The molecule has 0 aliphatic rings. The van der Waals surface area contributed by atoms with Gasteiger partial charge in [0, 0.05) is 11.3 Å². The number of hydrogen-bond acceptors (Lipinski definition) is 4. The molecule has 136 valence electrons. The second-order valence-corrected chi connectivity index (χ2v) is 5.26. The summed E-state index contributed by atoms with van der Waals surface area (Å²) in [7, 11) is 1.54. The summed E-state index contributed by atoms with van der Waals surface area (Å²) >= 11 is 0. The van der Waals surface area contributed by atoms with Crippen molar-refractivity contribution >= 4 is 22.8 Å². The predicted molar refractivity (Wildman–Crippen MR) is 91.6 cm³/mol. The molecule has 3 aromatic rings. The molecule has 3 rings (SSSR count). The number of benzene rings is 2. The first-order valence-electron chi connectivity index (χ1n) is 7.65. The molecule has 2 amide bonds. The van der Waals surface area contributed by atoms with Crippen LogP contribution in [0.15, 0.2) is 42.7 Å². The smallest absolute Gasteiger partial charge is 0.387 e. The van der Waals surface area contributed by atoms with Gasteiger partial charge in [-0.2, -0.15) is 8.78 Å². The third-order valence-electron chi connectivity index (χ3n) is 3.64. The van der Waals surface area contributed by atoms with Gasteiger partial charge in [0.15, 0.2) is 0 Å². The molecule has 7 nitrogen and oxygen atoms in total. The van der Waals surface area contributed by atoms with E-state index in [1.165, 1.54) is 24.3 Å². The van der Waals surface area contributed by atoms with Crippen LogP contribution in [0, 0.1) is 0 Å². The number of methoxy groups -OCH3 is 1.